The van der Waals surface area contributed by atoms with Crippen LogP contribution < -0.4 is 0 Å². The molecule has 1 aromatic carbocycles. The van der Waals surface area contributed by atoms with Crippen molar-refractivity contribution >= 4 is 42.8 Å². The van der Waals surface area contributed by atoms with E-state index in [-0.39, 0.29) is 0 Å². The van der Waals surface area contributed by atoms with Crippen LogP contribution >= 0.6 is 22.6 Å². The number of hydrogen-bond donors (Lipinski definition) is 1. The fraction of sp³-hybridized carbons (Fsp3) is 0.333. The van der Waals surface area contributed by atoms with Crippen molar-refractivity contribution in [3.63, 3.8) is 0 Å². The molecular formula is C9H7F4IO6S2. The third-order valence-corrected chi connectivity index (χ3v) is 5.19. The van der Waals surface area contributed by atoms with E-state index in [0.29, 0.717) is 3.57 Å². The van der Waals surface area contributed by atoms with E-state index in [1.165, 1.54) is 12.1 Å². The average Bonchev–Trinajstić information content (AvgIpc) is 2.35. The Bertz CT molecular complexity index is 745. The van der Waals surface area contributed by atoms with Gasteiger partial charge in [0.15, 0.2) is 0 Å². The summed E-state index contributed by atoms with van der Waals surface area (Å²) in [6.07, 6.45) is 0. The van der Waals surface area contributed by atoms with E-state index in [1.807, 2.05) is 22.6 Å². The van der Waals surface area contributed by atoms with Crippen LogP contribution in [0.2, 0.25) is 0 Å². The second-order valence-electron chi connectivity index (χ2n) is 3.87. The van der Waals surface area contributed by atoms with Gasteiger partial charge in [-0.1, -0.05) is 0 Å². The van der Waals surface area contributed by atoms with Crippen molar-refractivity contribution < 1.29 is 43.1 Å². The quantitative estimate of drug-likeness (QED) is 0.291. The first kappa shape index (κ1) is 19.5. The lowest BCUT2D eigenvalue weighted by atomic mass is 10.4. The molecule has 1 rings (SSSR count). The van der Waals surface area contributed by atoms with Gasteiger partial charge in [-0.2, -0.15) is 34.4 Å². The summed E-state index contributed by atoms with van der Waals surface area (Å²) in [6.45, 7) is -2.46. The van der Waals surface area contributed by atoms with Crippen LogP contribution in [0.1, 0.15) is 0 Å². The fourth-order valence-corrected chi connectivity index (χ4v) is 2.80. The van der Waals surface area contributed by atoms with E-state index in [2.05, 4.69) is 4.18 Å². The summed E-state index contributed by atoms with van der Waals surface area (Å²) in [4.78, 5) is -0.584. The Morgan fingerprint density at radius 1 is 1.05 bits per heavy atom. The van der Waals surface area contributed by atoms with Crippen LogP contribution in [0, 0.1) is 3.57 Å². The molecule has 13 heteroatoms. The molecular weight excluding hydrogens is 471 g/mol. The van der Waals surface area contributed by atoms with Gasteiger partial charge in [0.2, 0.25) is 0 Å². The van der Waals surface area contributed by atoms with Crippen molar-refractivity contribution in [1.29, 1.82) is 0 Å². The Morgan fingerprint density at radius 3 is 1.91 bits per heavy atom. The zero-order valence-corrected chi connectivity index (χ0v) is 14.0. The standard InChI is InChI=1S/C9H7F4IO6S2/c10-8(11,9(12,13)22(17,18)19)5-20-21(15,16)7-3-1-6(14)2-4-7/h1-4H,5H2,(H,17,18,19). The van der Waals surface area contributed by atoms with Crippen LogP contribution in [0.5, 0.6) is 0 Å². The molecule has 0 bridgehead atoms. The van der Waals surface area contributed by atoms with Crippen LogP contribution in [0.15, 0.2) is 29.2 Å². The third-order valence-electron chi connectivity index (χ3n) is 2.25. The average molecular weight is 478 g/mol. The van der Waals surface area contributed by atoms with E-state index in [4.69, 9.17) is 4.55 Å². The summed E-state index contributed by atoms with van der Waals surface area (Å²) < 4.78 is 108. The van der Waals surface area contributed by atoms with Crippen LogP contribution in [0.25, 0.3) is 0 Å². The first-order valence-electron chi connectivity index (χ1n) is 5.08. The largest absolute Gasteiger partial charge is 0.433 e. The lowest BCUT2D eigenvalue weighted by Gasteiger charge is -2.23. The highest BCUT2D eigenvalue weighted by atomic mass is 127. The van der Waals surface area contributed by atoms with Gasteiger partial charge in [-0.25, -0.2) is 0 Å². The third kappa shape index (κ3) is 4.06. The minimum Gasteiger partial charge on any atom is -0.281 e. The van der Waals surface area contributed by atoms with Crippen molar-refractivity contribution in [2.24, 2.45) is 0 Å². The maximum Gasteiger partial charge on any atom is 0.433 e. The molecule has 0 saturated carbocycles. The Hall–Kier alpha value is -0.510. The predicted octanol–water partition coefficient (Wildman–Crippen LogP) is 2.11. The summed E-state index contributed by atoms with van der Waals surface area (Å²) in [5.74, 6) is -5.46. The van der Waals surface area contributed by atoms with Gasteiger partial charge in [0.05, 0.1) is 4.90 Å². The van der Waals surface area contributed by atoms with Crippen molar-refractivity contribution in [3.05, 3.63) is 27.8 Å². The first-order chi connectivity index (χ1) is 9.71. The smallest absolute Gasteiger partial charge is 0.281 e. The van der Waals surface area contributed by atoms with Gasteiger partial charge in [-0.3, -0.25) is 8.74 Å². The van der Waals surface area contributed by atoms with Gasteiger partial charge in [-0.15, -0.1) is 0 Å². The molecule has 0 spiro atoms. The molecule has 0 unspecified atom stereocenters. The number of rotatable bonds is 6. The second kappa shape index (κ2) is 6.18. The molecule has 0 aromatic heterocycles. The normalized spacial score (nSPS) is 14.1. The minimum atomic E-state index is -6.46. The summed E-state index contributed by atoms with van der Waals surface area (Å²) in [5, 5.41) is -5.90. The number of halogens is 5. The summed E-state index contributed by atoms with van der Waals surface area (Å²) in [6, 6.07) is 4.55. The molecule has 0 fully saturated rings. The van der Waals surface area contributed by atoms with E-state index < -0.39 is 42.9 Å². The van der Waals surface area contributed by atoms with Gasteiger partial charge in [0, 0.05) is 3.57 Å². The van der Waals surface area contributed by atoms with Gasteiger partial charge >= 0.3 is 21.3 Å². The van der Waals surface area contributed by atoms with Gasteiger partial charge in [-0.05, 0) is 46.9 Å². The van der Waals surface area contributed by atoms with Crippen LogP contribution in [-0.2, 0) is 24.4 Å². The molecule has 0 saturated heterocycles. The van der Waals surface area contributed by atoms with Crippen molar-refractivity contribution in [2.75, 3.05) is 6.61 Å². The fourth-order valence-electron chi connectivity index (χ4n) is 1.09. The highest BCUT2D eigenvalue weighted by Crippen LogP contribution is 2.38. The molecule has 0 aliphatic carbocycles. The Morgan fingerprint density at radius 2 is 1.50 bits per heavy atom. The number of benzene rings is 1. The Labute approximate surface area is 136 Å². The van der Waals surface area contributed by atoms with Crippen molar-refractivity contribution in [3.8, 4) is 0 Å². The van der Waals surface area contributed by atoms with Crippen molar-refractivity contribution in [2.45, 2.75) is 16.1 Å². The van der Waals surface area contributed by atoms with E-state index >= 15 is 0 Å². The van der Waals surface area contributed by atoms with E-state index in [1.54, 1.807) is 0 Å². The molecule has 0 atom stereocenters. The number of alkyl halides is 4. The molecule has 0 heterocycles. The maximum atomic E-state index is 13.1. The monoisotopic (exact) mass is 478 g/mol. The molecule has 1 aromatic rings. The molecule has 22 heavy (non-hydrogen) atoms. The first-order valence-corrected chi connectivity index (χ1v) is 9.01. The zero-order chi connectivity index (χ0) is 17.4. The van der Waals surface area contributed by atoms with E-state index in [9.17, 15) is 34.4 Å². The van der Waals surface area contributed by atoms with Gasteiger partial charge in [0.1, 0.15) is 6.61 Å². The van der Waals surface area contributed by atoms with Crippen LogP contribution in [0.4, 0.5) is 17.6 Å². The highest BCUT2D eigenvalue weighted by Gasteiger charge is 2.66. The van der Waals surface area contributed by atoms with Gasteiger partial charge in [0.25, 0.3) is 10.1 Å². The molecule has 0 amide bonds. The zero-order valence-electron chi connectivity index (χ0n) is 10.2. The SMILES string of the molecule is O=S(=O)(OCC(F)(F)C(F)(F)S(=O)(=O)O)c1ccc(I)cc1. The summed E-state index contributed by atoms with van der Waals surface area (Å²) in [5.41, 5.74) is 0. The van der Waals surface area contributed by atoms with Crippen LogP contribution in [-0.4, -0.2) is 39.2 Å². The molecule has 126 valence electrons. The molecule has 0 aliphatic heterocycles. The minimum absolute atomic E-state index is 0.584. The Balaban J connectivity index is 2.99. The Kier molecular flexibility index (Phi) is 5.49. The molecule has 6 nitrogen and oxygen atoms in total. The topological polar surface area (TPSA) is 97.7 Å². The maximum absolute atomic E-state index is 13.1. The summed E-state index contributed by atoms with van der Waals surface area (Å²) >= 11 is 1.83. The second-order valence-corrected chi connectivity index (χ2v) is 8.19. The van der Waals surface area contributed by atoms with Crippen LogP contribution in [0.3, 0.4) is 0 Å². The van der Waals surface area contributed by atoms with Crippen molar-refractivity contribution in [1.82, 2.24) is 0 Å². The van der Waals surface area contributed by atoms with Gasteiger partial charge < -0.3 is 0 Å². The van der Waals surface area contributed by atoms with E-state index in [0.717, 1.165) is 12.1 Å². The number of hydrogen-bond acceptors (Lipinski definition) is 5. The lowest BCUT2D eigenvalue weighted by molar-refractivity contribution is -0.176. The summed E-state index contributed by atoms with van der Waals surface area (Å²) in [7, 11) is -11.3. The highest BCUT2D eigenvalue weighted by molar-refractivity contribution is 14.1. The predicted molar refractivity (Wildman–Crippen MR) is 73.7 cm³/mol. The molecule has 0 aliphatic rings. The molecule has 0 radical (unpaired) electrons. The molecule has 1 N–H and O–H groups in total. The lowest BCUT2D eigenvalue weighted by Crippen LogP contribution is -2.49.